The lowest BCUT2D eigenvalue weighted by Gasteiger charge is -2.18. The third-order valence-corrected chi connectivity index (χ3v) is 4.65. The molecule has 152 valence electrons. The summed E-state index contributed by atoms with van der Waals surface area (Å²) in [4.78, 5) is 38.3. The molecule has 2 amide bonds. The molecular formula is C21H20F2N2O4. The fourth-order valence-corrected chi connectivity index (χ4v) is 2.99. The van der Waals surface area contributed by atoms with Crippen LogP contribution < -0.4 is 10.2 Å². The van der Waals surface area contributed by atoms with E-state index in [-0.39, 0.29) is 24.6 Å². The van der Waals surface area contributed by atoms with Gasteiger partial charge < -0.3 is 15.0 Å². The Labute approximate surface area is 166 Å². The molecule has 3 rings (SSSR count). The zero-order chi connectivity index (χ0) is 21.1. The second kappa shape index (κ2) is 8.38. The summed E-state index contributed by atoms with van der Waals surface area (Å²) in [6, 6.07) is 9.96. The molecule has 1 saturated heterocycles. The summed E-state index contributed by atoms with van der Waals surface area (Å²) in [5.41, 5.74) is 1.38. The maximum absolute atomic E-state index is 13.6. The van der Waals surface area contributed by atoms with Gasteiger partial charge in [0.25, 0.3) is 5.91 Å². The van der Waals surface area contributed by atoms with Crippen molar-refractivity contribution in [2.45, 2.75) is 26.4 Å². The highest BCUT2D eigenvalue weighted by Crippen LogP contribution is 2.26. The number of hydrogen-bond acceptors (Lipinski definition) is 4. The number of amides is 2. The summed E-state index contributed by atoms with van der Waals surface area (Å²) < 4.78 is 32.0. The van der Waals surface area contributed by atoms with E-state index < -0.39 is 35.5 Å². The Hall–Kier alpha value is -3.29. The molecule has 6 nitrogen and oxygen atoms in total. The average molecular weight is 402 g/mol. The first-order valence-corrected chi connectivity index (χ1v) is 9.08. The largest absolute Gasteiger partial charge is 0.452 e. The second-order valence-electron chi connectivity index (χ2n) is 6.93. The smallest absolute Gasteiger partial charge is 0.312 e. The van der Waals surface area contributed by atoms with Crippen LogP contribution in [0.5, 0.6) is 0 Å². The van der Waals surface area contributed by atoms with Crippen molar-refractivity contribution in [2.24, 2.45) is 5.92 Å². The number of halogens is 2. The van der Waals surface area contributed by atoms with Crippen molar-refractivity contribution in [1.29, 1.82) is 0 Å². The number of rotatable bonds is 5. The molecule has 8 heteroatoms. The van der Waals surface area contributed by atoms with Gasteiger partial charge in [0, 0.05) is 24.7 Å². The lowest BCUT2D eigenvalue weighted by Crippen LogP contribution is -2.33. The minimum Gasteiger partial charge on any atom is -0.452 e. The summed E-state index contributed by atoms with van der Waals surface area (Å²) in [6.07, 6.45) is -1.27. The van der Waals surface area contributed by atoms with Gasteiger partial charge in [-0.3, -0.25) is 14.4 Å². The number of anilines is 2. The molecule has 1 aliphatic rings. The molecule has 0 bridgehead atoms. The minimum absolute atomic E-state index is 0.0282. The van der Waals surface area contributed by atoms with Gasteiger partial charge in [-0.05, 0) is 38.1 Å². The maximum Gasteiger partial charge on any atom is 0.312 e. The Kier molecular flexibility index (Phi) is 5.91. The molecule has 0 aliphatic carbocycles. The Morgan fingerprint density at radius 2 is 1.86 bits per heavy atom. The number of carbonyl (C=O) groups excluding carboxylic acids is 3. The van der Waals surface area contributed by atoms with E-state index in [2.05, 4.69) is 5.32 Å². The topological polar surface area (TPSA) is 75.7 Å². The quantitative estimate of drug-likeness (QED) is 0.780. The normalized spacial score (nSPS) is 17.2. The standard InChI is InChI=1S/C21H20F2N2O4/c1-12-3-6-16(7-4-12)25-11-14(9-19(25)26)21(28)29-13(2)20(27)24-18-10-15(22)5-8-17(18)23/h3-8,10,13-14H,9,11H2,1-2H3,(H,24,27)/t13-,14+/m1/s1. The molecule has 0 aromatic heterocycles. The highest BCUT2D eigenvalue weighted by molar-refractivity contribution is 6.00. The van der Waals surface area contributed by atoms with Crippen molar-refractivity contribution >= 4 is 29.2 Å². The molecular weight excluding hydrogens is 382 g/mol. The minimum atomic E-state index is -1.24. The number of nitrogens with zero attached hydrogens (tertiary/aromatic N) is 1. The van der Waals surface area contributed by atoms with Crippen LogP contribution in [0.4, 0.5) is 20.2 Å². The van der Waals surface area contributed by atoms with E-state index in [1.54, 1.807) is 12.1 Å². The number of aryl methyl sites for hydroxylation is 1. The molecule has 1 heterocycles. The number of esters is 1. The first-order valence-electron chi connectivity index (χ1n) is 9.08. The van der Waals surface area contributed by atoms with E-state index in [4.69, 9.17) is 4.74 Å². The molecule has 0 unspecified atom stereocenters. The lowest BCUT2D eigenvalue weighted by molar-refractivity contribution is -0.157. The molecule has 1 N–H and O–H groups in total. The van der Waals surface area contributed by atoms with Gasteiger partial charge >= 0.3 is 5.97 Å². The fourth-order valence-electron chi connectivity index (χ4n) is 2.99. The van der Waals surface area contributed by atoms with E-state index in [0.717, 1.165) is 23.8 Å². The van der Waals surface area contributed by atoms with Crippen LogP contribution in [0.3, 0.4) is 0 Å². The van der Waals surface area contributed by atoms with E-state index in [1.807, 2.05) is 19.1 Å². The Morgan fingerprint density at radius 3 is 2.55 bits per heavy atom. The number of benzene rings is 2. The van der Waals surface area contributed by atoms with Crippen LogP contribution in [0.1, 0.15) is 18.9 Å². The van der Waals surface area contributed by atoms with E-state index in [9.17, 15) is 23.2 Å². The summed E-state index contributed by atoms with van der Waals surface area (Å²) in [6.45, 7) is 3.39. The second-order valence-corrected chi connectivity index (χ2v) is 6.93. The zero-order valence-corrected chi connectivity index (χ0v) is 15.9. The monoisotopic (exact) mass is 402 g/mol. The number of hydrogen-bond donors (Lipinski definition) is 1. The van der Waals surface area contributed by atoms with Gasteiger partial charge in [0.2, 0.25) is 5.91 Å². The molecule has 2 aromatic rings. The molecule has 1 aliphatic heterocycles. The Morgan fingerprint density at radius 1 is 1.17 bits per heavy atom. The molecule has 0 radical (unpaired) electrons. The molecule has 2 atom stereocenters. The van der Waals surface area contributed by atoms with E-state index >= 15 is 0 Å². The predicted molar refractivity (Wildman–Crippen MR) is 102 cm³/mol. The highest BCUT2D eigenvalue weighted by atomic mass is 19.1. The van der Waals surface area contributed by atoms with Crippen LogP contribution >= 0.6 is 0 Å². The van der Waals surface area contributed by atoms with Crippen molar-refractivity contribution in [1.82, 2.24) is 0 Å². The number of nitrogens with one attached hydrogen (secondary N) is 1. The third kappa shape index (κ3) is 4.77. The number of ether oxygens (including phenoxy) is 1. The summed E-state index contributed by atoms with van der Waals surface area (Å²) in [7, 11) is 0. The summed E-state index contributed by atoms with van der Waals surface area (Å²) >= 11 is 0. The van der Waals surface area contributed by atoms with Crippen LogP contribution in [0.15, 0.2) is 42.5 Å². The fraction of sp³-hybridized carbons (Fsp3) is 0.286. The SMILES string of the molecule is Cc1ccc(N2C[C@@H](C(=O)O[C@H](C)C(=O)Nc3cc(F)ccc3F)CC2=O)cc1. The van der Waals surface area contributed by atoms with Crippen LogP contribution in [0.2, 0.25) is 0 Å². The van der Waals surface area contributed by atoms with Gasteiger partial charge in [-0.25, -0.2) is 8.78 Å². The van der Waals surface area contributed by atoms with Gasteiger partial charge in [-0.2, -0.15) is 0 Å². The summed E-state index contributed by atoms with van der Waals surface area (Å²) in [5.74, 6) is -3.96. The van der Waals surface area contributed by atoms with Gasteiger partial charge in [-0.15, -0.1) is 0 Å². The Balaban J connectivity index is 1.59. The third-order valence-electron chi connectivity index (χ3n) is 4.65. The van der Waals surface area contributed by atoms with Crippen LogP contribution in [0.25, 0.3) is 0 Å². The molecule has 2 aromatic carbocycles. The molecule has 0 spiro atoms. The van der Waals surface area contributed by atoms with E-state index in [1.165, 1.54) is 11.8 Å². The van der Waals surface area contributed by atoms with Gasteiger partial charge in [0.1, 0.15) is 11.6 Å². The zero-order valence-electron chi connectivity index (χ0n) is 15.9. The van der Waals surface area contributed by atoms with Crippen LogP contribution in [-0.2, 0) is 19.1 Å². The first-order chi connectivity index (χ1) is 13.7. The van der Waals surface area contributed by atoms with E-state index in [0.29, 0.717) is 5.69 Å². The summed E-state index contributed by atoms with van der Waals surface area (Å²) in [5, 5.41) is 2.19. The first kappa shape index (κ1) is 20.4. The van der Waals surface area contributed by atoms with Gasteiger partial charge in [0.05, 0.1) is 11.6 Å². The van der Waals surface area contributed by atoms with Crippen molar-refractivity contribution < 1.29 is 27.9 Å². The Bertz CT molecular complexity index is 946. The van der Waals surface area contributed by atoms with Crippen molar-refractivity contribution in [3.05, 3.63) is 59.7 Å². The predicted octanol–water partition coefficient (Wildman–Crippen LogP) is 3.20. The van der Waals surface area contributed by atoms with Crippen molar-refractivity contribution in [2.75, 3.05) is 16.8 Å². The van der Waals surface area contributed by atoms with Crippen molar-refractivity contribution in [3.8, 4) is 0 Å². The highest BCUT2D eigenvalue weighted by Gasteiger charge is 2.37. The molecule has 29 heavy (non-hydrogen) atoms. The number of carbonyl (C=O) groups is 3. The van der Waals surface area contributed by atoms with Crippen LogP contribution in [0, 0.1) is 24.5 Å². The lowest BCUT2D eigenvalue weighted by atomic mass is 10.1. The maximum atomic E-state index is 13.6. The van der Waals surface area contributed by atoms with Gasteiger partial charge in [0.15, 0.2) is 6.10 Å². The molecule has 1 fully saturated rings. The van der Waals surface area contributed by atoms with Crippen molar-refractivity contribution in [3.63, 3.8) is 0 Å². The average Bonchev–Trinajstić information content (AvgIpc) is 3.07. The molecule has 0 saturated carbocycles. The van der Waals surface area contributed by atoms with Gasteiger partial charge in [-0.1, -0.05) is 17.7 Å². The van der Waals surface area contributed by atoms with Crippen LogP contribution in [-0.4, -0.2) is 30.4 Å².